The molecule has 7 aromatic rings. The minimum Gasteiger partial charge on any atom is -0.493 e. The fraction of sp³-hybridized carbons (Fsp3) is 0.280. The van der Waals surface area contributed by atoms with Crippen molar-refractivity contribution in [3.63, 3.8) is 0 Å². The molecule has 0 aliphatic carbocycles. The van der Waals surface area contributed by atoms with Crippen molar-refractivity contribution >= 4 is 5.97 Å². The zero-order chi connectivity index (χ0) is 69.4. The van der Waals surface area contributed by atoms with Crippen LogP contribution in [0.1, 0.15) is 95.1 Å². The van der Waals surface area contributed by atoms with Crippen molar-refractivity contribution in [1.29, 1.82) is 0 Å². The summed E-state index contributed by atoms with van der Waals surface area (Å²) in [6, 6.07) is 38.8. The van der Waals surface area contributed by atoms with Gasteiger partial charge in [0.25, 0.3) is 0 Å². The normalized spacial score (nSPS) is 10.5. The van der Waals surface area contributed by atoms with E-state index in [1.54, 1.807) is 66.8 Å². The molecule has 0 bridgehead atoms. The van der Waals surface area contributed by atoms with Crippen LogP contribution in [-0.2, 0) is 44.4 Å². The second-order valence-electron chi connectivity index (χ2n) is 22.2. The number of carbonyl (C=O) groups excluding carboxylic acids is 1. The lowest BCUT2D eigenvalue weighted by atomic mass is 10.1. The Balaban J connectivity index is 1.18. The molecule has 0 aromatic heterocycles. The fourth-order valence-electron chi connectivity index (χ4n) is 9.34. The predicted octanol–water partition coefficient (Wildman–Crippen LogP) is 18.6. The van der Waals surface area contributed by atoms with Gasteiger partial charge >= 0.3 is 5.97 Å². The Hall–Kier alpha value is -10.9. The zero-order valence-corrected chi connectivity index (χ0v) is 56.5. The summed E-state index contributed by atoms with van der Waals surface area (Å²) in [5, 5.41) is 0. The van der Waals surface area contributed by atoms with Gasteiger partial charge in [-0.15, -0.1) is 52.6 Å². The van der Waals surface area contributed by atoms with Gasteiger partial charge in [0.15, 0.2) is 0 Å². The summed E-state index contributed by atoms with van der Waals surface area (Å²) in [5.41, 5.74) is 4.80. The van der Waals surface area contributed by atoms with Crippen molar-refractivity contribution in [1.82, 2.24) is 0 Å². The first kappa shape index (κ1) is 74.5. The lowest BCUT2D eigenvalue weighted by molar-refractivity contribution is 0.0599. The van der Waals surface area contributed by atoms with Crippen molar-refractivity contribution in [2.75, 3.05) is 60.0 Å². The number of rotatable bonds is 51. The van der Waals surface area contributed by atoms with E-state index in [2.05, 4.69) is 52.6 Å². The van der Waals surface area contributed by atoms with Crippen molar-refractivity contribution in [2.24, 2.45) is 0 Å². The zero-order valence-electron chi connectivity index (χ0n) is 56.5. The van der Waals surface area contributed by atoms with E-state index in [9.17, 15) is 4.79 Å². The third kappa shape index (κ3) is 27.1. The van der Waals surface area contributed by atoms with Gasteiger partial charge in [0, 0.05) is 42.5 Å². The lowest BCUT2D eigenvalue weighted by Gasteiger charge is -2.17. The van der Waals surface area contributed by atoms with Crippen LogP contribution < -0.4 is 66.3 Å². The number of methoxy groups -OCH3 is 1. The number of ether oxygens (including phenoxy) is 15. The molecule has 0 saturated heterocycles. The van der Waals surface area contributed by atoms with Crippen LogP contribution in [0.3, 0.4) is 0 Å². The Labute approximate surface area is 578 Å². The van der Waals surface area contributed by atoms with Gasteiger partial charge in [0.1, 0.15) is 120 Å². The van der Waals surface area contributed by atoms with Gasteiger partial charge in [-0.05, 0) is 170 Å². The van der Waals surface area contributed by atoms with Crippen LogP contribution in [0.4, 0.5) is 0 Å². The van der Waals surface area contributed by atoms with Crippen LogP contribution in [0.25, 0.3) is 0 Å². The number of hydrogen-bond donors (Lipinski definition) is 0. The Morgan fingerprint density at radius 3 is 0.520 bits per heavy atom. The van der Waals surface area contributed by atoms with E-state index in [-0.39, 0.29) is 45.2 Å². The highest BCUT2D eigenvalue weighted by molar-refractivity contribution is 5.90. The molecule has 0 saturated carbocycles. The summed E-state index contributed by atoms with van der Waals surface area (Å²) in [7, 11) is 1.31. The number of hydrogen-bond acceptors (Lipinski definition) is 16. The summed E-state index contributed by atoms with van der Waals surface area (Å²) in [4.78, 5) is 13.4. The lowest BCUT2D eigenvalue weighted by Crippen LogP contribution is -2.06. The van der Waals surface area contributed by atoms with Crippen LogP contribution in [0, 0.1) is 0 Å². The maximum Gasteiger partial charge on any atom is 0.338 e. The topological polar surface area (TPSA) is 156 Å². The first-order valence-corrected chi connectivity index (χ1v) is 32.7. The Morgan fingerprint density at radius 1 is 0.235 bits per heavy atom. The van der Waals surface area contributed by atoms with Gasteiger partial charge in [0.05, 0.1) is 65.5 Å². The summed E-state index contributed by atoms with van der Waals surface area (Å²) < 4.78 is 93.1. The smallest absolute Gasteiger partial charge is 0.338 e. The molecule has 0 atom stereocenters. The average Bonchev–Trinajstić information content (AvgIpc) is 0.879. The first-order chi connectivity index (χ1) is 48.0. The molecule has 0 heterocycles. The summed E-state index contributed by atoms with van der Waals surface area (Å²) in [6.07, 6.45) is 19.8. The van der Waals surface area contributed by atoms with Gasteiger partial charge < -0.3 is 71.1 Å². The quantitative estimate of drug-likeness (QED) is 0.0201. The maximum atomic E-state index is 13.4. The van der Waals surface area contributed by atoms with Crippen LogP contribution in [0.15, 0.2) is 229 Å². The van der Waals surface area contributed by atoms with Crippen molar-refractivity contribution in [3.8, 4) is 80.5 Å². The highest BCUT2D eigenvalue weighted by atomic mass is 16.5. The average molecular weight is 1330 g/mol. The van der Waals surface area contributed by atoms with E-state index >= 15 is 0 Å². The van der Waals surface area contributed by atoms with Crippen molar-refractivity contribution in [3.05, 3.63) is 268 Å². The van der Waals surface area contributed by atoms with Crippen LogP contribution in [0.5, 0.6) is 80.5 Å². The van der Waals surface area contributed by atoms with Gasteiger partial charge in [-0.25, -0.2) is 4.79 Å². The van der Waals surface area contributed by atoms with Crippen molar-refractivity contribution in [2.45, 2.75) is 91.0 Å². The molecule has 0 radical (unpaired) electrons. The molecule has 98 heavy (non-hydrogen) atoms. The molecule has 7 aromatic carbocycles. The van der Waals surface area contributed by atoms with E-state index in [0.717, 1.165) is 22.3 Å². The molecule has 16 heteroatoms. The minimum absolute atomic E-state index is 0.0121. The van der Waals surface area contributed by atoms with E-state index in [1.165, 1.54) is 7.11 Å². The van der Waals surface area contributed by atoms with Gasteiger partial charge in [0.2, 0.25) is 0 Å². The third-order valence-corrected chi connectivity index (χ3v) is 14.1. The summed E-state index contributed by atoms with van der Waals surface area (Å²) in [5.74, 6) is 7.07. The molecule has 516 valence electrons. The van der Waals surface area contributed by atoms with Crippen LogP contribution in [-0.4, -0.2) is 65.9 Å². The van der Waals surface area contributed by atoms with E-state index in [4.69, 9.17) is 71.1 Å². The molecule has 0 aliphatic rings. The summed E-state index contributed by atoms with van der Waals surface area (Å²) in [6.45, 7) is 34.9. The highest BCUT2D eigenvalue weighted by Crippen LogP contribution is 2.34. The minimum atomic E-state index is -0.597. The Kier molecular flexibility index (Phi) is 32.4. The van der Waals surface area contributed by atoms with Gasteiger partial charge in [-0.3, -0.25) is 0 Å². The predicted molar refractivity (Wildman–Crippen MR) is 385 cm³/mol. The molecular formula is C82H92O16. The molecule has 0 unspecified atom stereocenters. The molecule has 0 aliphatic heterocycles. The van der Waals surface area contributed by atoms with Gasteiger partial charge in [-0.2, -0.15) is 0 Å². The number of benzene rings is 7. The van der Waals surface area contributed by atoms with Crippen LogP contribution >= 0.6 is 0 Å². The Bertz CT molecular complexity index is 3160. The molecule has 0 spiro atoms. The third-order valence-electron chi connectivity index (χ3n) is 14.1. The van der Waals surface area contributed by atoms with Gasteiger partial charge in [-0.1, -0.05) is 48.6 Å². The number of carbonyl (C=O) groups is 1. The summed E-state index contributed by atoms with van der Waals surface area (Å²) >= 11 is 0. The standard InChI is InChI=1S/C82H92O16/c1-10-18-26-85-68-34-61(35-69(48-68)86-27-19-11-2)55-93-76-42-65(43-77(52-76)94-56-62-36-70(87-28-20-12-3)49-71(37-62)88-29-21-13-4)59-97-80-46-67(82(83)84-9)47-81(54-80)98-60-66-44-78(95-57-63-38-72(89-30-22-14-5)50-73(39-63)90-31-23-15-6)53-79(45-66)96-58-64-40-74(91-32-24-16-7)51-75(41-64)92-33-25-17-8/h10-17,34-54H,1-8,18-33,55-60H2,9H3. The second kappa shape index (κ2) is 42.5. The molecule has 0 amide bonds. The second-order valence-corrected chi connectivity index (χ2v) is 22.2. The fourth-order valence-corrected chi connectivity index (χ4v) is 9.34. The largest absolute Gasteiger partial charge is 0.493 e. The number of esters is 1. The monoisotopic (exact) mass is 1330 g/mol. The highest BCUT2D eigenvalue weighted by Gasteiger charge is 2.17. The SMILES string of the molecule is C=CCCOc1cc(COc2cc(COc3cc(OCc4cc(OCc5cc(OCCC=C)cc(OCCC=C)c5)cc(OCc5cc(OCCC=C)cc(OCCC=C)c5)c4)cc(C(=O)OC)c3)cc(OCc3cc(OCCC=C)cc(OCCC=C)c3)c2)cc(OCCC=C)c1. The first-order valence-electron chi connectivity index (χ1n) is 32.7. The van der Waals surface area contributed by atoms with E-state index in [0.29, 0.717) is 196 Å². The van der Waals surface area contributed by atoms with E-state index < -0.39 is 5.97 Å². The molecule has 16 nitrogen and oxygen atoms in total. The van der Waals surface area contributed by atoms with Crippen molar-refractivity contribution < 1.29 is 75.8 Å². The molecule has 7 rings (SSSR count). The molecule has 0 N–H and O–H groups in total. The van der Waals surface area contributed by atoms with Crippen LogP contribution in [0.2, 0.25) is 0 Å². The van der Waals surface area contributed by atoms with E-state index in [1.807, 2.05) is 109 Å². The molecular weight excluding hydrogens is 1240 g/mol. The maximum absolute atomic E-state index is 13.4. The molecule has 0 fully saturated rings. The Morgan fingerprint density at radius 2 is 0.378 bits per heavy atom.